The van der Waals surface area contributed by atoms with Gasteiger partial charge >= 0.3 is 0 Å². The molecule has 0 aromatic heterocycles. The quantitative estimate of drug-likeness (QED) is 0.268. The molecule has 0 spiro atoms. The zero-order valence-corrected chi connectivity index (χ0v) is 18.7. The van der Waals surface area contributed by atoms with Gasteiger partial charge in [-0.2, -0.15) is 0 Å². The largest absolute Gasteiger partial charge is 0.497 e. The van der Waals surface area contributed by atoms with Crippen molar-refractivity contribution in [2.75, 3.05) is 30.6 Å². The van der Waals surface area contributed by atoms with E-state index in [2.05, 4.69) is 10.6 Å². The molecule has 0 saturated heterocycles. The van der Waals surface area contributed by atoms with E-state index in [0.717, 1.165) is 4.90 Å². The summed E-state index contributed by atoms with van der Waals surface area (Å²) in [6.07, 6.45) is 0. The molecule has 0 bridgehead atoms. The molecule has 10 heteroatoms. The number of benzene rings is 3. The first-order valence-corrected chi connectivity index (χ1v) is 10.7. The van der Waals surface area contributed by atoms with Gasteiger partial charge in [0.05, 0.1) is 30.6 Å². The van der Waals surface area contributed by atoms with E-state index in [1.54, 1.807) is 43.5 Å². The molecule has 0 heterocycles. The lowest BCUT2D eigenvalue weighted by Gasteiger charge is -2.12. The second kappa shape index (κ2) is 11.0. The molecule has 33 heavy (non-hydrogen) atoms. The SMILES string of the molecule is COc1ccc(NC(=O)CSc2cccc(NC(=O)c3cccc([N+](=O)[O-])c3)c2)c(OC)c1. The average Bonchev–Trinajstić information content (AvgIpc) is 2.83. The summed E-state index contributed by atoms with van der Waals surface area (Å²) < 4.78 is 10.4. The number of methoxy groups -OCH3 is 2. The first-order chi connectivity index (χ1) is 15.9. The van der Waals surface area contributed by atoms with E-state index in [4.69, 9.17) is 9.47 Å². The number of rotatable bonds is 9. The van der Waals surface area contributed by atoms with Gasteiger partial charge in [-0.3, -0.25) is 19.7 Å². The summed E-state index contributed by atoms with van der Waals surface area (Å²) in [5.74, 6) is 0.540. The molecule has 2 N–H and O–H groups in total. The van der Waals surface area contributed by atoms with Crippen molar-refractivity contribution in [3.63, 3.8) is 0 Å². The van der Waals surface area contributed by atoms with Crippen LogP contribution in [-0.2, 0) is 4.79 Å². The van der Waals surface area contributed by atoms with Gasteiger partial charge in [0.25, 0.3) is 11.6 Å². The lowest BCUT2D eigenvalue weighted by atomic mass is 10.2. The molecule has 0 aliphatic heterocycles. The van der Waals surface area contributed by atoms with Crippen molar-refractivity contribution in [2.45, 2.75) is 4.90 Å². The van der Waals surface area contributed by atoms with Gasteiger partial charge in [0.1, 0.15) is 11.5 Å². The third-order valence-corrected chi connectivity index (χ3v) is 5.46. The van der Waals surface area contributed by atoms with Gasteiger partial charge < -0.3 is 20.1 Å². The number of ether oxygens (including phenoxy) is 2. The molecule has 170 valence electrons. The number of nitro benzene ring substituents is 1. The molecule has 0 radical (unpaired) electrons. The van der Waals surface area contributed by atoms with Crippen molar-refractivity contribution in [3.8, 4) is 11.5 Å². The van der Waals surface area contributed by atoms with Crippen LogP contribution < -0.4 is 20.1 Å². The molecule has 3 aromatic carbocycles. The fraction of sp³-hybridized carbons (Fsp3) is 0.130. The van der Waals surface area contributed by atoms with Crippen LogP contribution in [0.1, 0.15) is 10.4 Å². The summed E-state index contributed by atoms with van der Waals surface area (Å²) in [6.45, 7) is 0. The number of anilines is 2. The highest BCUT2D eigenvalue weighted by molar-refractivity contribution is 8.00. The van der Waals surface area contributed by atoms with Crippen LogP contribution in [0.5, 0.6) is 11.5 Å². The van der Waals surface area contributed by atoms with Crippen molar-refractivity contribution >= 4 is 40.6 Å². The first kappa shape index (κ1) is 23.6. The number of carbonyl (C=O) groups is 2. The fourth-order valence-corrected chi connectivity index (χ4v) is 3.62. The van der Waals surface area contributed by atoms with Gasteiger partial charge in [0.15, 0.2) is 0 Å². The van der Waals surface area contributed by atoms with E-state index in [0.29, 0.717) is 22.9 Å². The number of thioether (sulfide) groups is 1. The Kier molecular flexibility index (Phi) is 7.87. The zero-order chi connectivity index (χ0) is 23.8. The highest BCUT2D eigenvalue weighted by atomic mass is 32.2. The standard InChI is InChI=1S/C23H21N3O6S/c1-31-18-9-10-20(21(13-18)32-2)25-22(27)14-33-19-8-4-6-16(12-19)24-23(28)15-5-3-7-17(11-15)26(29)30/h3-13H,14H2,1-2H3,(H,24,28)(H,25,27). The third-order valence-electron chi connectivity index (χ3n) is 4.46. The summed E-state index contributed by atoms with van der Waals surface area (Å²) >= 11 is 1.29. The maximum Gasteiger partial charge on any atom is 0.270 e. The Morgan fingerprint density at radius 2 is 1.76 bits per heavy atom. The van der Waals surface area contributed by atoms with Gasteiger partial charge in [-0.25, -0.2) is 0 Å². The number of non-ortho nitro benzene ring substituents is 1. The number of carbonyl (C=O) groups excluding carboxylic acids is 2. The Balaban J connectivity index is 1.60. The Bertz CT molecular complexity index is 1180. The Hall–Kier alpha value is -4.05. The Labute approximate surface area is 194 Å². The van der Waals surface area contributed by atoms with E-state index < -0.39 is 10.8 Å². The molecule has 0 atom stereocenters. The minimum Gasteiger partial charge on any atom is -0.497 e. The summed E-state index contributed by atoms with van der Waals surface area (Å²) in [6, 6.07) is 17.6. The summed E-state index contributed by atoms with van der Waals surface area (Å²) in [5.41, 5.74) is 1.05. The number of hydrogen-bond acceptors (Lipinski definition) is 7. The highest BCUT2D eigenvalue weighted by Crippen LogP contribution is 2.29. The normalized spacial score (nSPS) is 10.2. The van der Waals surface area contributed by atoms with Gasteiger partial charge in [-0.1, -0.05) is 12.1 Å². The molecule has 0 unspecified atom stereocenters. The topological polar surface area (TPSA) is 120 Å². The van der Waals surface area contributed by atoms with Crippen LogP contribution in [0.2, 0.25) is 0 Å². The number of nitro groups is 1. The van der Waals surface area contributed by atoms with Crippen LogP contribution in [-0.4, -0.2) is 36.7 Å². The van der Waals surface area contributed by atoms with E-state index in [-0.39, 0.29) is 22.9 Å². The molecule has 0 aliphatic rings. The first-order valence-electron chi connectivity index (χ1n) is 9.70. The van der Waals surface area contributed by atoms with Gasteiger partial charge in [-0.15, -0.1) is 11.8 Å². The summed E-state index contributed by atoms with van der Waals surface area (Å²) in [5, 5.41) is 16.4. The van der Waals surface area contributed by atoms with Crippen LogP contribution in [0.15, 0.2) is 71.6 Å². The van der Waals surface area contributed by atoms with Crippen LogP contribution in [0, 0.1) is 10.1 Å². The minimum atomic E-state index is -0.555. The molecule has 0 aliphatic carbocycles. The summed E-state index contributed by atoms with van der Waals surface area (Å²) in [4.78, 5) is 36.0. The predicted octanol–water partition coefficient (Wildman–Crippen LogP) is 4.60. The Morgan fingerprint density at radius 3 is 2.48 bits per heavy atom. The number of hydrogen-bond donors (Lipinski definition) is 2. The van der Waals surface area contributed by atoms with Crippen LogP contribution >= 0.6 is 11.8 Å². The predicted molar refractivity (Wildman–Crippen MR) is 126 cm³/mol. The molecule has 3 aromatic rings. The summed E-state index contributed by atoms with van der Waals surface area (Å²) in [7, 11) is 3.05. The number of amides is 2. The lowest BCUT2D eigenvalue weighted by Crippen LogP contribution is -2.15. The fourth-order valence-electron chi connectivity index (χ4n) is 2.86. The lowest BCUT2D eigenvalue weighted by molar-refractivity contribution is -0.384. The van der Waals surface area contributed by atoms with Gasteiger partial charge in [0.2, 0.25) is 5.91 Å². The van der Waals surface area contributed by atoms with Crippen LogP contribution in [0.25, 0.3) is 0 Å². The van der Waals surface area contributed by atoms with E-state index in [1.807, 2.05) is 6.07 Å². The molecule has 0 fully saturated rings. The molecule has 2 amide bonds. The van der Waals surface area contributed by atoms with E-state index in [9.17, 15) is 19.7 Å². The molecular formula is C23H21N3O6S. The monoisotopic (exact) mass is 467 g/mol. The highest BCUT2D eigenvalue weighted by Gasteiger charge is 2.13. The second-order valence-electron chi connectivity index (χ2n) is 6.69. The van der Waals surface area contributed by atoms with E-state index >= 15 is 0 Å². The third kappa shape index (κ3) is 6.47. The molecule has 3 rings (SSSR count). The van der Waals surface area contributed by atoms with Gasteiger partial charge in [0, 0.05) is 34.3 Å². The smallest absolute Gasteiger partial charge is 0.270 e. The van der Waals surface area contributed by atoms with Crippen LogP contribution in [0.4, 0.5) is 17.1 Å². The van der Waals surface area contributed by atoms with E-state index in [1.165, 1.54) is 43.1 Å². The molecule has 0 saturated carbocycles. The Morgan fingerprint density at radius 1 is 0.970 bits per heavy atom. The van der Waals surface area contributed by atoms with Crippen molar-refractivity contribution in [3.05, 3.63) is 82.4 Å². The second-order valence-corrected chi connectivity index (χ2v) is 7.74. The number of nitrogens with one attached hydrogen (secondary N) is 2. The molecular weight excluding hydrogens is 446 g/mol. The minimum absolute atomic E-state index is 0.136. The van der Waals surface area contributed by atoms with Crippen molar-refractivity contribution in [1.82, 2.24) is 0 Å². The van der Waals surface area contributed by atoms with Crippen LogP contribution in [0.3, 0.4) is 0 Å². The van der Waals surface area contributed by atoms with Crippen molar-refractivity contribution in [1.29, 1.82) is 0 Å². The van der Waals surface area contributed by atoms with Crippen molar-refractivity contribution < 1.29 is 24.0 Å². The van der Waals surface area contributed by atoms with Gasteiger partial charge in [-0.05, 0) is 36.4 Å². The number of nitrogens with zero attached hydrogens (tertiary/aromatic N) is 1. The maximum atomic E-state index is 12.5. The maximum absolute atomic E-state index is 12.5. The zero-order valence-electron chi connectivity index (χ0n) is 17.9. The average molecular weight is 468 g/mol. The molecule has 9 nitrogen and oxygen atoms in total. The van der Waals surface area contributed by atoms with Crippen molar-refractivity contribution in [2.24, 2.45) is 0 Å².